The second-order valence-corrected chi connectivity index (χ2v) is 10.6. The SMILES string of the molecule is COc1cc([C@@H](CC(=O)O)c2cccc3c2CCN(C(=O)c2ccc(OC(C)C)cc2Cl)C3)cc2nnn(C)c12. The average molecular weight is 563 g/mol. The molecule has 4 aromatic rings. The van der Waals surface area contributed by atoms with Crippen LogP contribution < -0.4 is 9.47 Å². The third-order valence-electron chi connectivity index (χ3n) is 7.20. The van der Waals surface area contributed by atoms with Gasteiger partial charge in [-0.3, -0.25) is 9.59 Å². The number of aromatic nitrogens is 3. The molecule has 0 unspecified atom stereocenters. The van der Waals surface area contributed by atoms with Gasteiger partial charge in [0, 0.05) is 26.1 Å². The van der Waals surface area contributed by atoms with Crippen molar-refractivity contribution < 1.29 is 24.2 Å². The number of halogens is 1. The summed E-state index contributed by atoms with van der Waals surface area (Å²) < 4.78 is 12.9. The fourth-order valence-corrected chi connectivity index (χ4v) is 5.69. The Morgan fingerprint density at radius 1 is 1.15 bits per heavy atom. The first kappa shape index (κ1) is 27.5. The lowest BCUT2D eigenvalue weighted by Gasteiger charge is -2.32. The van der Waals surface area contributed by atoms with E-state index < -0.39 is 11.9 Å². The number of aliphatic carboxylic acids is 1. The number of hydrogen-bond acceptors (Lipinski definition) is 6. The van der Waals surface area contributed by atoms with E-state index in [2.05, 4.69) is 10.3 Å². The summed E-state index contributed by atoms with van der Waals surface area (Å²) >= 11 is 6.47. The number of fused-ring (bicyclic) bond motifs is 2. The zero-order valence-corrected chi connectivity index (χ0v) is 23.6. The quantitative estimate of drug-likeness (QED) is 0.313. The largest absolute Gasteiger partial charge is 0.494 e. The topological polar surface area (TPSA) is 107 Å². The third-order valence-corrected chi connectivity index (χ3v) is 7.51. The summed E-state index contributed by atoms with van der Waals surface area (Å²) in [6, 6.07) is 14.8. The molecule has 0 bridgehead atoms. The van der Waals surface area contributed by atoms with Crippen molar-refractivity contribution in [2.45, 2.75) is 45.3 Å². The Labute approximate surface area is 237 Å². The maximum Gasteiger partial charge on any atom is 0.304 e. The van der Waals surface area contributed by atoms with Crippen LogP contribution in [0.25, 0.3) is 11.0 Å². The smallest absolute Gasteiger partial charge is 0.304 e. The fraction of sp³-hybridized carbons (Fsp3) is 0.333. The molecule has 1 N–H and O–H groups in total. The lowest BCUT2D eigenvalue weighted by Crippen LogP contribution is -2.36. The molecular formula is C30H31ClN4O5. The summed E-state index contributed by atoms with van der Waals surface area (Å²) in [5.74, 6) is -0.299. The van der Waals surface area contributed by atoms with Crippen LogP contribution in [0.15, 0.2) is 48.5 Å². The second-order valence-electron chi connectivity index (χ2n) is 10.2. The molecule has 40 heavy (non-hydrogen) atoms. The Morgan fingerprint density at radius 2 is 1.95 bits per heavy atom. The summed E-state index contributed by atoms with van der Waals surface area (Å²) in [5.41, 5.74) is 5.55. The predicted octanol–water partition coefficient (Wildman–Crippen LogP) is 5.22. The van der Waals surface area contributed by atoms with E-state index in [-0.39, 0.29) is 18.4 Å². The molecule has 10 heteroatoms. The molecule has 208 valence electrons. The van der Waals surface area contributed by atoms with Crippen LogP contribution in [0.5, 0.6) is 11.5 Å². The number of nitrogens with zero attached hydrogens (tertiary/aromatic N) is 4. The molecule has 0 fully saturated rings. The van der Waals surface area contributed by atoms with Crippen molar-refractivity contribution in [3.05, 3.63) is 81.4 Å². The summed E-state index contributed by atoms with van der Waals surface area (Å²) in [6.45, 7) is 4.74. The Balaban J connectivity index is 1.47. The molecule has 1 aliphatic heterocycles. The number of carbonyl (C=O) groups is 2. The highest BCUT2D eigenvalue weighted by Crippen LogP contribution is 2.38. The number of hydrogen-bond donors (Lipinski definition) is 1. The van der Waals surface area contributed by atoms with Gasteiger partial charge in [-0.1, -0.05) is 35.0 Å². The van der Waals surface area contributed by atoms with Crippen LogP contribution in [0.3, 0.4) is 0 Å². The monoisotopic (exact) mass is 562 g/mol. The number of benzene rings is 3. The molecule has 2 heterocycles. The first-order valence-corrected chi connectivity index (χ1v) is 13.5. The van der Waals surface area contributed by atoms with Crippen LogP contribution in [0.4, 0.5) is 0 Å². The minimum absolute atomic E-state index is 0.000937. The Kier molecular flexibility index (Phi) is 7.67. The number of carboxylic acids is 1. The highest BCUT2D eigenvalue weighted by Gasteiger charge is 2.29. The minimum atomic E-state index is -0.909. The molecule has 1 aliphatic rings. The first-order chi connectivity index (χ1) is 19.2. The lowest BCUT2D eigenvalue weighted by atomic mass is 9.82. The molecule has 5 rings (SSSR count). The molecule has 0 radical (unpaired) electrons. The van der Waals surface area contributed by atoms with Gasteiger partial charge in [-0.05, 0) is 72.9 Å². The summed E-state index contributed by atoms with van der Waals surface area (Å²) in [5, 5.41) is 18.5. The Hall–Kier alpha value is -4.11. The highest BCUT2D eigenvalue weighted by molar-refractivity contribution is 6.34. The van der Waals surface area contributed by atoms with Gasteiger partial charge in [-0.25, -0.2) is 4.68 Å². The van der Waals surface area contributed by atoms with Gasteiger partial charge >= 0.3 is 5.97 Å². The van der Waals surface area contributed by atoms with Gasteiger partial charge in [0.05, 0.1) is 30.2 Å². The van der Waals surface area contributed by atoms with Crippen molar-refractivity contribution in [1.82, 2.24) is 19.9 Å². The normalized spacial score (nSPS) is 13.8. The molecule has 0 aliphatic carbocycles. The third kappa shape index (κ3) is 5.34. The van der Waals surface area contributed by atoms with Crippen LogP contribution in [-0.4, -0.2) is 56.6 Å². The number of aryl methyl sites for hydroxylation is 1. The van der Waals surface area contributed by atoms with Gasteiger partial charge in [-0.2, -0.15) is 0 Å². The Morgan fingerprint density at radius 3 is 2.65 bits per heavy atom. The van der Waals surface area contributed by atoms with E-state index >= 15 is 0 Å². The summed E-state index contributed by atoms with van der Waals surface area (Å²) in [6.07, 6.45) is 0.484. The van der Waals surface area contributed by atoms with Crippen LogP contribution in [0.1, 0.15) is 58.8 Å². The molecule has 1 amide bonds. The van der Waals surface area contributed by atoms with Crippen molar-refractivity contribution in [2.24, 2.45) is 7.05 Å². The number of methoxy groups -OCH3 is 1. The number of ether oxygens (including phenoxy) is 2. The van der Waals surface area contributed by atoms with Crippen LogP contribution in [0, 0.1) is 0 Å². The van der Waals surface area contributed by atoms with Gasteiger partial charge in [0.25, 0.3) is 5.91 Å². The van der Waals surface area contributed by atoms with E-state index in [1.54, 1.807) is 41.9 Å². The van der Waals surface area contributed by atoms with E-state index in [0.717, 1.165) is 27.8 Å². The number of amides is 1. The van der Waals surface area contributed by atoms with Gasteiger partial charge < -0.3 is 19.5 Å². The molecule has 3 aromatic carbocycles. The molecule has 1 aromatic heterocycles. The zero-order valence-electron chi connectivity index (χ0n) is 22.8. The maximum absolute atomic E-state index is 13.4. The second kappa shape index (κ2) is 11.2. The number of rotatable bonds is 8. The minimum Gasteiger partial charge on any atom is -0.494 e. The van der Waals surface area contributed by atoms with Gasteiger partial charge in [-0.15, -0.1) is 5.10 Å². The van der Waals surface area contributed by atoms with Crippen molar-refractivity contribution >= 4 is 34.5 Å². The number of carbonyl (C=O) groups excluding carboxylic acids is 1. The van der Waals surface area contributed by atoms with Gasteiger partial charge in [0.2, 0.25) is 0 Å². The van der Waals surface area contributed by atoms with Crippen molar-refractivity contribution in [3.8, 4) is 11.5 Å². The van der Waals surface area contributed by atoms with E-state index in [1.807, 2.05) is 44.2 Å². The maximum atomic E-state index is 13.4. The van der Waals surface area contributed by atoms with E-state index in [4.69, 9.17) is 21.1 Å². The van der Waals surface area contributed by atoms with Crippen molar-refractivity contribution in [1.29, 1.82) is 0 Å². The summed E-state index contributed by atoms with van der Waals surface area (Å²) in [7, 11) is 3.36. The first-order valence-electron chi connectivity index (χ1n) is 13.1. The van der Waals surface area contributed by atoms with Crippen LogP contribution in [-0.2, 0) is 24.8 Å². The van der Waals surface area contributed by atoms with E-state index in [0.29, 0.717) is 47.1 Å². The van der Waals surface area contributed by atoms with Crippen LogP contribution in [0.2, 0.25) is 5.02 Å². The Bertz CT molecular complexity index is 1600. The molecule has 0 saturated carbocycles. The molecule has 0 saturated heterocycles. The molecular weight excluding hydrogens is 532 g/mol. The number of carboxylic acid groups (broad SMARTS) is 1. The van der Waals surface area contributed by atoms with E-state index in [1.165, 1.54) is 0 Å². The van der Waals surface area contributed by atoms with Crippen molar-refractivity contribution in [3.63, 3.8) is 0 Å². The van der Waals surface area contributed by atoms with Gasteiger partial charge in [0.15, 0.2) is 0 Å². The fourth-order valence-electron chi connectivity index (χ4n) is 5.44. The predicted molar refractivity (Wildman–Crippen MR) is 151 cm³/mol. The van der Waals surface area contributed by atoms with Gasteiger partial charge in [0.1, 0.15) is 22.5 Å². The van der Waals surface area contributed by atoms with Crippen molar-refractivity contribution in [2.75, 3.05) is 13.7 Å². The lowest BCUT2D eigenvalue weighted by molar-refractivity contribution is -0.137. The van der Waals surface area contributed by atoms with E-state index in [9.17, 15) is 14.7 Å². The zero-order chi connectivity index (χ0) is 28.6. The molecule has 9 nitrogen and oxygen atoms in total. The van der Waals surface area contributed by atoms with Crippen LogP contribution >= 0.6 is 11.6 Å². The molecule has 1 atom stereocenters. The highest BCUT2D eigenvalue weighted by atomic mass is 35.5. The average Bonchev–Trinajstić information content (AvgIpc) is 3.30. The standard InChI is InChI=1S/C30H31ClN4O5/c1-17(2)40-20-8-9-23(25(31)14-20)30(38)35-11-10-21-18(16-35)6-5-7-22(21)24(15-28(36)37)19-12-26-29(27(13-19)39-4)34(3)33-32-26/h5-9,12-14,17,24H,10-11,15-16H2,1-4H3,(H,36,37)/t24-/m1/s1. The summed E-state index contributed by atoms with van der Waals surface area (Å²) in [4.78, 5) is 27.2. The molecule has 0 spiro atoms.